The molecule has 1 aliphatic rings. The van der Waals surface area contributed by atoms with Gasteiger partial charge in [-0.25, -0.2) is 4.98 Å². The van der Waals surface area contributed by atoms with E-state index in [0.717, 1.165) is 25.2 Å². The summed E-state index contributed by atoms with van der Waals surface area (Å²) in [5, 5.41) is 2.62. The summed E-state index contributed by atoms with van der Waals surface area (Å²) in [6.07, 6.45) is -0.168. The Morgan fingerprint density at radius 2 is 1.94 bits per heavy atom. The fourth-order valence-electron chi connectivity index (χ4n) is 3.36. The third kappa shape index (κ3) is 7.79. The van der Waals surface area contributed by atoms with Crippen molar-refractivity contribution in [2.45, 2.75) is 19.1 Å². The van der Waals surface area contributed by atoms with Crippen molar-refractivity contribution >= 4 is 11.8 Å². The Balaban J connectivity index is 1.55. The average molecular weight is 465 g/mol. The summed E-state index contributed by atoms with van der Waals surface area (Å²) in [5.41, 5.74) is -0.236. The molecule has 0 spiro atoms. The second-order valence-corrected chi connectivity index (χ2v) is 7.56. The first-order valence-corrected chi connectivity index (χ1v) is 10.6. The molecule has 0 radical (unpaired) electrons. The first-order chi connectivity index (χ1) is 15.8. The molecule has 0 bridgehead atoms. The molecule has 1 N–H and O–H groups in total. The van der Waals surface area contributed by atoms with Crippen molar-refractivity contribution < 1.29 is 27.5 Å². The average Bonchev–Trinajstić information content (AvgIpc) is 2.83. The molecule has 11 heteroatoms. The number of carbonyl (C=O) groups excluding carboxylic acids is 2. The van der Waals surface area contributed by atoms with Gasteiger partial charge >= 0.3 is 6.18 Å². The molecule has 33 heavy (non-hydrogen) atoms. The Morgan fingerprint density at radius 3 is 2.64 bits per heavy atom. The van der Waals surface area contributed by atoms with Crippen molar-refractivity contribution in [2.75, 3.05) is 45.9 Å². The van der Waals surface area contributed by atoms with Crippen LogP contribution in [0, 0.1) is 0 Å². The highest BCUT2D eigenvalue weighted by atomic mass is 19.4. The van der Waals surface area contributed by atoms with Gasteiger partial charge in [0.2, 0.25) is 5.91 Å². The largest absolute Gasteiger partial charge is 0.416 e. The van der Waals surface area contributed by atoms with Crippen molar-refractivity contribution in [3.8, 4) is 0 Å². The lowest BCUT2D eigenvalue weighted by atomic mass is 10.1. The first-order valence-electron chi connectivity index (χ1n) is 10.6. The Morgan fingerprint density at radius 1 is 1.15 bits per heavy atom. The van der Waals surface area contributed by atoms with Gasteiger partial charge in [0, 0.05) is 58.1 Å². The number of morpholine rings is 1. The van der Waals surface area contributed by atoms with E-state index in [0.29, 0.717) is 31.9 Å². The molecule has 0 aliphatic carbocycles. The maximum atomic E-state index is 12.9. The number of nitrogens with zero attached hydrogens (tertiary/aromatic N) is 4. The van der Waals surface area contributed by atoms with Crippen LogP contribution in [0.25, 0.3) is 0 Å². The molecule has 1 saturated heterocycles. The maximum absolute atomic E-state index is 12.9. The molecule has 2 heterocycles. The SMILES string of the molecule is O=C(CCN(CCN1CCOCC1)C(=O)c1cnccn1)NCc1cccc(C(F)(F)F)c1. The van der Waals surface area contributed by atoms with E-state index in [4.69, 9.17) is 4.74 Å². The lowest BCUT2D eigenvalue weighted by Gasteiger charge is -2.30. The molecule has 1 aliphatic heterocycles. The van der Waals surface area contributed by atoms with E-state index in [1.807, 2.05) is 0 Å². The van der Waals surface area contributed by atoms with Gasteiger partial charge in [-0.2, -0.15) is 13.2 Å². The minimum absolute atomic E-state index is 0.00801. The van der Waals surface area contributed by atoms with E-state index < -0.39 is 11.7 Å². The van der Waals surface area contributed by atoms with Crippen LogP contribution in [0.1, 0.15) is 28.0 Å². The summed E-state index contributed by atoms with van der Waals surface area (Å²) in [7, 11) is 0. The molecule has 178 valence electrons. The highest BCUT2D eigenvalue weighted by molar-refractivity contribution is 5.92. The van der Waals surface area contributed by atoms with E-state index in [9.17, 15) is 22.8 Å². The fraction of sp³-hybridized carbons (Fsp3) is 0.455. The molecular weight excluding hydrogens is 439 g/mol. The number of halogens is 3. The fourth-order valence-corrected chi connectivity index (χ4v) is 3.36. The molecule has 3 rings (SSSR count). The van der Waals surface area contributed by atoms with Crippen molar-refractivity contribution in [3.63, 3.8) is 0 Å². The number of nitrogens with one attached hydrogen (secondary N) is 1. The zero-order valence-corrected chi connectivity index (χ0v) is 18.1. The number of aromatic nitrogens is 2. The lowest BCUT2D eigenvalue weighted by Crippen LogP contribution is -2.44. The maximum Gasteiger partial charge on any atom is 0.416 e. The smallest absolute Gasteiger partial charge is 0.379 e. The predicted molar refractivity (Wildman–Crippen MR) is 113 cm³/mol. The first kappa shape index (κ1) is 24.6. The molecule has 2 aromatic rings. The van der Waals surface area contributed by atoms with E-state index in [-0.39, 0.29) is 37.0 Å². The second kappa shape index (κ2) is 11.7. The van der Waals surface area contributed by atoms with Gasteiger partial charge in [0.05, 0.1) is 25.0 Å². The molecule has 1 fully saturated rings. The normalized spacial score (nSPS) is 14.6. The zero-order valence-electron chi connectivity index (χ0n) is 18.1. The number of rotatable bonds is 9. The minimum atomic E-state index is -4.44. The summed E-state index contributed by atoms with van der Waals surface area (Å²) in [4.78, 5) is 36.9. The molecular formula is C22H26F3N5O3. The monoisotopic (exact) mass is 465 g/mol. The molecule has 0 atom stereocenters. The summed E-state index contributed by atoms with van der Waals surface area (Å²) < 4.78 is 43.9. The third-order valence-corrected chi connectivity index (χ3v) is 5.21. The van der Waals surface area contributed by atoms with Crippen molar-refractivity contribution in [1.82, 2.24) is 25.1 Å². The van der Waals surface area contributed by atoms with Crippen molar-refractivity contribution in [1.29, 1.82) is 0 Å². The van der Waals surface area contributed by atoms with Crippen LogP contribution in [-0.4, -0.2) is 77.5 Å². The van der Waals surface area contributed by atoms with Gasteiger partial charge in [-0.05, 0) is 17.7 Å². The van der Waals surface area contributed by atoms with E-state index in [2.05, 4.69) is 20.2 Å². The number of benzene rings is 1. The van der Waals surface area contributed by atoms with Gasteiger partial charge in [0.15, 0.2) is 0 Å². The van der Waals surface area contributed by atoms with Gasteiger partial charge < -0.3 is 15.0 Å². The van der Waals surface area contributed by atoms with Gasteiger partial charge in [-0.15, -0.1) is 0 Å². The van der Waals surface area contributed by atoms with Crippen LogP contribution in [-0.2, 0) is 22.3 Å². The number of ether oxygens (including phenoxy) is 1. The van der Waals surface area contributed by atoms with Gasteiger partial charge in [0.1, 0.15) is 5.69 Å². The molecule has 2 amide bonds. The quantitative estimate of drug-likeness (QED) is 0.610. The Hall–Kier alpha value is -3.05. The number of hydrogen-bond donors (Lipinski definition) is 1. The van der Waals surface area contributed by atoms with Gasteiger partial charge in [0.25, 0.3) is 5.91 Å². The van der Waals surface area contributed by atoms with Crippen LogP contribution < -0.4 is 5.32 Å². The van der Waals surface area contributed by atoms with Crippen LogP contribution >= 0.6 is 0 Å². The predicted octanol–water partition coefficient (Wildman–Crippen LogP) is 1.98. The van der Waals surface area contributed by atoms with Gasteiger partial charge in [-0.3, -0.25) is 19.5 Å². The van der Waals surface area contributed by atoms with Crippen LogP contribution in [0.2, 0.25) is 0 Å². The summed E-state index contributed by atoms with van der Waals surface area (Å²) in [6, 6.07) is 4.81. The second-order valence-electron chi connectivity index (χ2n) is 7.56. The third-order valence-electron chi connectivity index (χ3n) is 5.21. The Kier molecular flexibility index (Phi) is 8.72. The molecule has 8 nitrogen and oxygen atoms in total. The molecule has 1 aromatic heterocycles. The molecule has 1 aromatic carbocycles. The number of carbonyl (C=O) groups is 2. The van der Waals surface area contributed by atoms with Crippen LogP contribution in [0.15, 0.2) is 42.9 Å². The van der Waals surface area contributed by atoms with Gasteiger partial charge in [-0.1, -0.05) is 12.1 Å². The minimum Gasteiger partial charge on any atom is -0.379 e. The Bertz CT molecular complexity index is 921. The summed E-state index contributed by atoms with van der Waals surface area (Å²) in [5.74, 6) is -0.697. The lowest BCUT2D eigenvalue weighted by molar-refractivity contribution is -0.137. The highest BCUT2D eigenvalue weighted by Crippen LogP contribution is 2.29. The highest BCUT2D eigenvalue weighted by Gasteiger charge is 2.30. The van der Waals surface area contributed by atoms with Crippen LogP contribution in [0.3, 0.4) is 0 Å². The Labute approximate surface area is 189 Å². The van der Waals surface area contributed by atoms with Crippen molar-refractivity contribution in [3.05, 3.63) is 59.7 Å². The summed E-state index contributed by atoms with van der Waals surface area (Å²) >= 11 is 0. The zero-order chi connectivity index (χ0) is 23.7. The van der Waals surface area contributed by atoms with Crippen LogP contribution in [0.4, 0.5) is 13.2 Å². The number of alkyl halides is 3. The topological polar surface area (TPSA) is 87.7 Å². The van der Waals surface area contributed by atoms with Crippen LogP contribution in [0.5, 0.6) is 0 Å². The number of hydrogen-bond acceptors (Lipinski definition) is 6. The molecule has 0 unspecified atom stereocenters. The molecule has 0 saturated carbocycles. The standard InChI is InChI=1S/C22H26F3N5O3/c23-22(24,25)18-3-1-2-17(14-18)15-28-20(31)4-7-30(9-8-29-10-12-33-13-11-29)21(32)19-16-26-5-6-27-19/h1-3,5-6,14,16H,4,7-13,15H2,(H,28,31). The van der Waals surface area contributed by atoms with Crippen molar-refractivity contribution in [2.24, 2.45) is 0 Å². The van der Waals surface area contributed by atoms with E-state index in [1.54, 1.807) is 4.90 Å². The number of amides is 2. The summed E-state index contributed by atoms with van der Waals surface area (Å²) in [6.45, 7) is 3.95. The van der Waals surface area contributed by atoms with E-state index in [1.165, 1.54) is 30.7 Å². The van der Waals surface area contributed by atoms with E-state index >= 15 is 0 Å².